The lowest BCUT2D eigenvalue weighted by molar-refractivity contribution is 0.0945. The highest BCUT2D eigenvalue weighted by atomic mass is 16.5. The first-order valence-electron chi connectivity index (χ1n) is 8.66. The molecule has 0 unspecified atom stereocenters. The molecule has 1 aromatic heterocycles. The van der Waals surface area contributed by atoms with Gasteiger partial charge in [-0.15, -0.1) is 0 Å². The van der Waals surface area contributed by atoms with E-state index in [0.717, 1.165) is 43.1 Å². The Hall–Kier alpha value is -2.63. The van der Waals surface area contributed by atoms with Crippen LogP contribution in [-0.4, -0.2) is 36.1 Å². The maximum absolute atomic E-state index is 12.4. The summed E-state index contributed by atoms with van der Waals surface area (Å²) in [5.74, 6) is 1.39. The third kappa shape index (κ3) is 5.45. The van der Waals surface area contributed by atoms with E-state index in [0.29, 0.717) is 12.2 Å². The van der Waals surface area contributed by atoms with Gasteiger partial charge in [0.1, 0.15) is 23.6 Å². The second-order valence-electron chi connectivity index (χ2n) is 5.78. The number of amides is 1. The largest absolute Gasteiger partial charge is 0.497 e. The summed E-state index contributed by atoms with van der Waals surface area (Å²) in [4.78, 5) is 23.0. The van der Waals surface area contributed by atoms with Crippen LogP contribution in [0.3, 0.4) is 0 Å². The van der Waals surface area contributed by atoms with Crippen LogP contribution in [0.1, 0.15) is 42.7 Å². The Morgan fingerprint density at radius 2 is 1.80 bits per heavy atom. The summed E-state index contributed by atoms with van der Waals surface area (Å²) in [7, 11) is 1.63. The number of ether oxygens (including phenoxy) is 1. The molecule has 0 fully saturated rings. The molecule has 0 aliphatic carbocycles. The standard InChI is InChI=1S/C19H26N4O2/c1-4-10-23(11-5-2)18-12-17(21-14-22-18)19(24)20-13-15-6-8-16(25-3)9-7-15/h6-9,12,14H,4-5,10-11,13H2,1-3H3,(H,20,24). The lowest BCUT2D eigenvalue weighted by atomic mass is 10.2. The molecule has 6 nitrogen and oxygen atoms in total. The van der Waals surface area contributed by atoms with Crippen LogP contribution in [0.2, 0.25) is 0 Å². The number of nitrogens with one attached hydrogen (secondary N) is 1. The highest BCUT2D eigenvalue weighted by Crippen LogP contribution is 2.13. The predicted octanol–water partition coefficient (Wildman–Crippen LogP) is 3.04. The molecule has 0 saturated carbocycles. The molecule has 0 bridgehead atoms. The van der Waals surface area contributed by atoms with Crippen LogP contribution in [0.25, 0.3) is 0 Å². The van der Waals surface area contributed by atoms with Gasteiger partial charge in [-0.3, -0.25) is 4.79 Å². The van der Waals surface area contributed by atoms with Gasteiger partial charge in [0.05, 0.1) is 7.11 Å². The predicted molar refractivity (Wildman–Crippen MR) is 99.0 cm³/mol. The number of benzene rings is 1. The Bertz CT molecular complexity index is 667. The van der Waals surface area contributed by atoms with Crippen molar-refractivity contribution < 1.29 is 9.53 Å². The number of carbonyl (C=O) groups excluding carboxylic acids is 1. The summed E-state index contributed by atoms with van der Waals surface area (Å²) in [5, 5.41) is 2.89. The molecule has 2 rings (SSSR count). The van der Waals surface area contributed by atoms with Gasteiger partial charge in [-0.2, -0.15) is 0 Å². The minimum Gasteiger partial charge on any atom is -0.497 e. The van der Waals surface area contributed by atoms with Crippen LogP contribution >= 0.6 is 0 Å². The van der Waals surface area contributed by atoms with Gasteiger partial charge in [-0.25, -0.2) is 9.97 Å². The Balaban J connectivity index is 2.01. The van der Waals surface area contributed by atoms with Gasteiger partial charge in [-0.05, 0) is 30.5 Å². The van der Waals surface area contributed by atoms with E-state index < -0.39 is 0 Å². The van der Waals surface area contributed by atoms with Crippen LogP contribution in [0.4, 0.5) is 5.82 Å². The zero-order valence-electron chi connectivity index (χ0n) is 15.2. The van der Waals surface area contributed by atoms with Crippen molar-refractivity contribution in [2.75, 3.05) is 25.1 Å². The first-order valence-corrected chi connectivity index (χ1v) is 8.66. The number of methoxy groups -OCH3 is 1. The number of aromatic nitrogens is 2. The van der Waals surface area contributed by atoms with Crippen molar-refractivity contribution >= 4 is 11.7 Å². The summed E-state index contributed by atoms with van der Waals surface area (Å²) in [6.45, 7) is 6.53. The van der Waals surface area contributed by atoms with Crippen molar-refractivity contribution in [3.05, 3.63) is 47.9 Å². The van der Waals surface area contributed by atoms with Gasteiger partial charge in [0.15, 0.2) is 0 Å². The summed E-state index contributed by atoms with van der Waals surface area (Å²) in [5.41, 5.74) is 1.39. The van der Waals surface area contributed by atoms with Crippen molar-refractivity contribution in [3.8, 4) is 5.75 Å². The van der Waals surface area contributed by atoms with Crippen molar-refractivity contribution in [2.45, 2.75) is 33.2 Å². The molecule has 0 spiro atoms. The second-order valence-corrected chi connectivity index (χ2v) is 5.78. The average Bonchev–Trinajstić information content (AvgIpc) is 2.66. The van der Waals surface area contributed by atoms with Crippen LogP contribution in [-0.2, 0) is 6.54 Å². The van der Waals surface area contributed by atoms with E-state index in [9.17, 15) is 4.79 Å². The zero-order valence-corrected chi connectivity index (χ0v) is 15.2. The van der Waals surface area contributed by atoms with Crippen molar-refractivity contribution in [3.63, 3.8) is 0 Å². The molecular weight excluding hydrogens is 316 g/mol. The Morgan fingerprint density at radius 1 is 1.12 bits per heavy atom. The van der Waals surface area contributed by atoms with Crippen LogP contribution in [0, 0.1) is 0 Å². The number of carbonyl (C=O) groups is 1. The molecule has 1 amide bonds. The molecule has 6 heteroatoms. The summed E-state index contributed by atoms with van der Waals surface area (Å²) in [6, 6.07) is 9.35. The van der Waals surface area contributed by atoms with Crippen LogP contribution in [0.5, 0.6) is 5.75 Å². The molecular formula is C19H26N4O2. The highest BCUT2D eigenvalue weighted by Gasteiger charge is 2.12. The lowest BCUT2D eigenvalue weighted by Gasteiger charge is -2.22. The summed E-state index contributed by atoms with van der Waals surface area (Å²) < 4.78 is 5.13. The van der Waals surface area contributed by atoms with Gasteiger partial charge in [-0.1, -0.05) is 26.0 Å². The fourth-order valence-electron chi connectivity index (χ4n) is 2.54. The molecule has 1 heterocycles. The van der Waals surface area contributed by atoms with Crippen LogP contribution in [0.15, 0.2) is 36.7 Å². The van der Waals surface area contributed by atoms with Crippen molar-refractivity contribution in [1.82, 2.24) is 15.3 Å². The fraction of sp³-hybridized carbons (Fsp3) is 0.421. The number of hydrogen-bond acceptors (Lipinski definition) is 5. The van der Waals surface area contributed by atoms with E-state index in [-0.39, 0.29) is 5.91 Å². The molecule has 0 radical (unpaired) electrons. The second kappa shape index (κ2) is 9.61. The average molecular weight is 342 g/mol. The van der Waals surface area contributed by atoms with Gasteiger partial charge in [0.2, 0.25) is 0 Å². The molecule has 0 aliphatic rings. The molecule has 134 valence electrons. The number of anilines is 1. The van der Waals surface area contributed by atoms with Crippen LogP contribution < -0.4 is 15.0 Å². The summed E-state index contributed by atoms with van der Waals surface area (Å²) in [6.07, 6.45) is 3.52. The quantitative estimate of drug-likeness (QED) is 0.759. The molecule has 1 N–H and O–H groups in total. The van der Waals surface area contributed by atoms with Gasteiger partial charge < -0.3 is 15.0 Å². The lowest BCUT2D eigenvalue weighted by Crippen LogP contribution is -2.28. The van der Waals surface area contributed by atoms with E-state index in [2.05, 4.69) is 34.0 Å². The minimum atomic E-state index is -0.201. The maximum atomic E-state index is 12.4. The monoisotopic (exact) mass is 342 g/mol. The van der Waals surface area contributed by atoms with E-state index >= 15 is 0 Å². The van der Waals surface area contributed by atoms with E-state index in [1.807, 2.05) is 24.3 Å². The number of hydrogen-bond donors (Lipinski definition) is 1. The number of rotatable bonds is 9. The third-order valence-corrected chi connectivity index (χ3v) is 3.81. The minimum absolute atomic E-state index is 0.201. The van der Waals surface area contributed by atoms with E-state index in [1.165, 1.54) is 6.33 Å². The van der Waals surface area contributed by atoms with E-state index in [1.54, 1.807) is 13.2 Å². The van der Waals surface area contributed by atoms with E-state index in [4.69, 9.17) is 4.74 Å². The van der Waals surface area contributed by atoms with Gasteiger partial charge >= 0.3 is 0 Å². The Morgan fingerprint density at radius 3 is 2.40 bits per heavy atom. The molecule has 0 saturated heterocycles. The smallest absolute Gasteiger partial charge is 0.270 e. The Kier molecular flexibility index (Phi) is 7.19. The SMILES string of the molecule is CCCN(CCC)c1cc(C(=O)NCc2ccc(OC)cc2)ncn1. The normalized spacial score (nSPS) is 10.4. The molecule has 0 aliphatic heterocycles. The molecule has 25 heavy (non-hydrogen) atoms. The van der Waals surface area contributed by atoms with Crippen molar-refractivity contribution in [2.24, 2.45) is 0 Å². The van der Waals surface area contributed by atoms with Gasteiger partial charge in [0, 0.05) is 25.7 Å². The first-order chi connectivity index (χ1) is 12.2. The zero-order chi connectivity index (χ0) is 18.1. The molecule has 0 atom stereocenters. The first kappa shape index (κ1) is 18.7. The highest BCUT2D eigenvalue weighted by molar-refractivity contribution is 5.92. The van der Waals surface area contributed by atoms with Crippen molar-refractivity contribution in [1.29, 1.82) is 0 Å². The maximum Gasteiger partial charge on any atom is 0.270 e. The topological polar surface area (TPSA) is 67.4 Å². The summed E-state index contributed by atoms with van der Waals surface area (Å²) >= 11 is 0. The third-order valence-electron chi connectivity index (χ3n) is 3.81. The van der Waals surface area contributed by atoms with Gasteiger partial charge in [0.25, 0.3) is 5.91 Å². The molecule has 1 aromatic carbocycles. The fourth-order valence-corrected chi connectivity index (χ4v) is 2.54. The molecule has 2 aromatic rings. The Labute approximate surface area is 149 Å². The number of nitrogens with zero attached hydrogens (tertiary/aromatic N) is 3.